The molecule has 0 aromatic carbocycles. The van der Waals surface area contributed by atoms with Crippen molar-refractivity contribution in [3.63, 3.8) is 0 Å². The minimum absolute atomic E-state index is 0.128. The van der Waals surface area contributed by atoms with Crippen molar-refractivity contribution in [3.05, 3.63) is 23.8 Å². The van der Waals surface area contributed by atoms with Crippen LogP contribution >= 0.6 is 11.6 Å². The van der Waals surface area contributed by atoms with Crippen LogP contribution in [0.5, 0.6) is 0 Å². The van der Waals surface area contributed by atoms with E-state index in [2.05, 4.69) is 23.8 Å². The molecule has 1 heterocycles. The van der Waals surface area contributed by atoms with Crippen LogP contribution in [-0.2, 0) is 0 Å². The summed E-state index contributed by atoms with van der Waals surface area (Å²) in [7, 11) is 0. The van der Waals surface area contributed by atoms with Gasteiger partial charge in [-0.3, -0.25) is 0 Å². The molecule has 1 rings (SSSR count). The number of aryl methyl sites for hydroxylation is 1. The Hall–Kier alpha value is -0.630. The van der Waals surface area contributed by atoms with Crippen LogP contribution in [-0.4, -0.2) is 15.3 Å². The van der Waals surface area contributed by atoms with Crippen LogP contribution in [0.3, 0.4) is 0 Å². The first-order chi connectivity index (χ1) is 6.15. The Kier molecular flexibility index (Phi) is 3.67. The third-order valence-corrected chi connectivity index (χ3v) is 2.83. The highest BCUT2D eigenvalue weighted by Gasteiger charge is 2.16. The fourth-order valence-electron chi connectivity index (χ4n) is 1.15. The van der Waals surface area contributed by atoms with Gasteiger partial charge in [-0.2, -0.15) is 0 Å². The lowest BCUT2D eigenvalue weighted by atomic mass is 10.1. The van der Waals surface area contributed by atoms with Crippen LogP contribution in [0.2, 0.25) is 0 Å². The third-order valence-electron chi connectivity index (χ3n) is 2.14. The summed E-state index contributed by atoms with van der Waals surface area (Å²) in [5, 5.41) is 0.128. The fourth-order valence-corrected chi connectivity index (χ4v) is 1.27. The van der Waals surface area contributed by atoms with Crippen molar-refractivity contribution in [2.24, 2.45) is 0 Å². The molecule has 13 heavy (non-hydrogen) atoms. The number of alkyl halides is 1. The molecule has 0 fully saturated rings. The Labute approximate surface area is 84.4 Å². The van der Waals surface area contributed by atoms with E-state index < -0.39 is 0 Å². The molecule has 1 aromatic heterocycles. The van der Waals surface area contributed by atoms with Crippen molar-refractivity contribution in [1.29, 1.82) is 0 Å². The van der Waals surface area contributed by atoms with E-state index in [0.717, 1.165) is 17.8 Å². The zero-order valence-corrected chi connectivity index (χ0v) is 9.04. The van der Waals surface area contributed by atoms with Crippen LogP contribution in [0.4, 0.5) is 0 Å². The molecule has 0 radical (unpaired) electrons. The zero-order valence-electron chi connectivity index (χ0n) is 8.29. The van der Waals surface area contributed by atoms with E-state index in [4.69, 9.17) is 11.6 Å². The molecule has 2 atom stereocenters. The van der Waals surface area contributed by atoms with Crippen molar-refractivity contribution in [3.8, 4) is 0 Å². The van der Waals surface area contributed by atoms with Crippen LogP contribution in [0.1, 0.15) is 37.6 Å². The van der Waals surface area contributed by atoms with Crippen molar-refractivity contribution in [2.45, 2.75) is 38.5 Å². The highest BCUT2D eigenvalue weighted by Crippen LogP contribution is 2.21. The van der Waals surface area contributed by atoms with Gasteiger partial charge in [-0.15, -0.1) is 11.6 Å². The molecule has 0 saturated carbocycles. The second-order valence-electron chi connectivity index (χ2n) is 3.33. The lowest BCUT2D eigenvalue weighted by Crippen LogP contribution is -2.11. The van der Waals surface area contributed by atoms with Gasteiger partial charge in [0.1, 0.15) is 5.82 Å². The van der Waals surface area contributed by atoms with Gasteiger partial charge in [0.05, 0.1) is 0 Å². The van der Waals surface area contributed by atoms with Gasteiger partial charge < -0.3 is 0 Å². The molecule has 72 valence electrons. The molecule has 0 saturated heterocycles. The van der Waals surface area contributed by atoms with Gasteiger partial charge in [0.25, 0.3) is 0 Å². The standard InChI is InChI=1S/C10H15ClN2/c1-4-9(11)8(3)10-12-5-7(2)6-13-10/h5-6,8-9H,4H2,1-3H3. The summed E-state index contributed by atoms with van der Waals surface area (Å²) in [6, 6.07) is 0. The van der Waals surface area contributed by atoms with Crippen molar-refractivity contribution < 1.29 is 0 Å². The average Bonchev–Trinajstić information content (AvgIpc) is 2.17. The van der Waals surface area contributed by atoms with Crippen molar-refractivity contribution >= 4 is 11.6 Å². The van der Waals surface area contributed by atoms with Crippen LogP contribution in [0, 0.1) is 6.92 Å². The van der Waals surface area contributed by atoms with Gasteiger partial charge in [-0.05, 0) is 18.9 Å². The Morgan fingerprint density at radius 1 is 1.38 bits per heavy atom. The quantitative estimate of drug-likeness (QED) is 0.698. The monoisotopic (exact) mass is 198 g/mol. The van der Waals surface area contributed by atoms with E-state index >= 15 is 0 Å². The number of halogens is 1. The molecular weight excluding hydrogens is 184 g/mol. The maximum atomic E-state index is 6.11. The van der Waals surface area contributed by atoms with E-state index in [9.17, 15) is 0 Å². The number of rotatable bonds is 3. The summed E-state index contributed by atoms with van der Waals surface area (Å²) < 4.78 is 0. The van der Waals surface area contributed by atoms with Crippen molar-refractivity contribution in [1.82, 2.24) is 9.97 Å². The molecule has 0 aliphatic rings. The van der Waals surface area contributed by atoms with Gasteiger partial charge in [0.2, 0.25) is 0 Å². The summed E-state index contributed by atoms with van der Waals surface area (Å²) in [5.74, 6) is 1.07. The minimum atomic E-state index is 0.128. The summed E-state index contributed by atoms with van der Waals surface area (Å²) in [5.41, 5.74) is 1.08. The highest BCUT2D eigenvalue weighted by molar-refractivity contribution is 6.21. The van der Waals surface area contributed by atoms with E-state index in [1.807, 2.05) is 19.3 Å². The maximum Gasteiger partial charge on any atom is 0.132 e. The van der Waals surface area contributed by atoms with E-state index in [1.165, 1.54) is 0 Å². The molecular formula is C10H15ClN2. The zero-order chi connectivity index (χ0) is 9.84. The lowest BCUT2D eigenvalue weighted by Gasteiger charge is -2.14. The van der Waals surface area contributed by atoms with E-state index in [0.29, 0.717) is 0 Å². The molecule has 0 aliphatic heterocycles. The molecule has 0 N–H and O–H groups in total. The topological polar surface area (TPSA) is 25.8 Å². The maximum absolute atomic E-state index is 6.11. The summed E-state index contributed by atoms with van der Waals surface area (Å²) in [6.45, 7) is 6.11. The first-order valence-corrected chi connectivity index (χ1v) is 5.01. The average molecular weight is 199 g/mol. The van der Waals surface area contributed by atoms with E-state index in [1.54, 1.807) is 0 Å². The van der Waals surface area contributed by atoms with Crippen LogP contribution in [0.25, 0.3) is 0 Å². The molecule has 0 amide bonds. The largest absolute Gasteiger partial charge is 0.241 e. The smallest absolute Gasteiger partial charge is 0.132 e. The molecule has 1 aromatic rings. The van der Waals surface area contributed by atoms with Crippen LogP contribution in [0.15, 0.2) is 12.4 Å². The number of hydrogen-bond acceptors (Lipinski definition) is 2. The summed E-state index contributed by atoms with van der Waals surface area (Å²) in [6.07, 6.45) is 4.61. The summed E-state index contributed by atoms with van der Waals surface area (Å²) >= 11 is 6.11. The molecule has 0 bridgehead atoms. The fraction of sp³-hybridized carbons (Fsp3) is 0.600. The van der Waals surface area contributed by atoms with Gasteiger partial charge in [0, 0.05) is 23.7 Å². The predicted molar refractivity (Wildman–Crippen MR) is 55.1 cm³/mol. The lowest BCUT2D eigenvalue weighted by molar-refractivity contribution is 0.634. The Balaban J connectivity index is 2.77. The minimum Gasteiger partial charge on any atom is -0.241 e. The second kappa shape index (κ2) is 4.56. The molecule has 3 heteroatoms. The molecule has 0 spiro atoms. The van der Waals surface area contributed by atoms with Gasteiger partial charge >= 0.3 is 0 Å². The first kappa shape index (κ1) is 10.5. The Morgan fingerprint density at radius 2 is 1.92 bits per heavy atom. The highest BCUT2D eigenvalue weighted by atomic mass is 35.5. The van der Waals surface area contributed by atoms with Gasteiger partial charge in [-0.25, -0.2) is 9.97 Å². The van der Waals surface area contributed by atoms with Gasteiger partial charge in [-0.1, -0.05) is 13.8 Å². The predicted octanol–water partition coefficient (Wildman–Crippen LogP) is 2.91. The van der Waals surface area contributed by atoms with Crippen molar-refractivity contribution in [2.75, 3.05) is 0 Å². The number of nitrogens with zero attached hydrogens (tertiary/aromatic N) is 2. The SMILES string of the molecule is CCC(Cl)C(C)c1ncc(C)cn1. The van der Waals surface area contributed by atoms with E-state index in [-0.39, 0.29) is 11.3 Å². The first-order valence-electron chi connectivity index (χ1n) is 4.57. The Morgan fingerprint density at radius 3 is 2.38 bits per heavy atom. The van der Waals surface area contributed by atoms with Crippen LogP contribution < -0.4 is 0 Å². The molecule has 2 unspecified atom stereocenters. The summed E-state index contributed by atoms with van der Waals surface area (Å²) in [4.78, 5) is 8.50. The Bertz CT molecular complexity index is 258. The normalized spacial score (nSPS) is 15.4. The second-order valence-corrected chi connectivity index (χ2v) is 3.89. The third kappa shape index (κ3) is 2.66. The number of hydrogen-bond donors (Lipinski definition) is 0. The van der Waals surface area contributed by atoms with Gasteiger partial charge in [0.15, 0.2) is 0 Å². The molecule has 0 aliphatic carbocycles. The number of aromatic nitrogens is 2. The molecule has 2 nitrogen and oxygen atoms in total.